The Bertz CT molecular complexity index is 691. The molecule has 2 rings (SSSR count). The standard InChI is InChI=1S/C28H49NO3/c1-10-21(4)17-27(7,8)32-25(30)23(6)29-19-22(5)31-26(29)28(9)16-12-15-24(18-28)14-11-13-20(2)3/h13,15,21-23,26H,10-12,14,16-19H2,1-9H3. The molecule has 1 heterocycles. The van der Waals surface area contributed by atoms with Crippen LogP contribution < -0.4 is 0 Å². The molecule has 0 aromatic carbocycles. The Morgan fingerprint density at radius 2 is 2.06 bits per heavy atom. The van der Waals surface area contributed by atoms with E-state index in [2.05, 4.69) is 58.6 Å². The molecular weight excluding hydrogens is 398 g/mol. The molecule has 0 amide bonds. The molecule has 1 aliphatic heterocycles. The summed E-state index contributed by atoms with van der Waals surface area (Å²) in [5.41, 5.74) is 2.48. The minimum absolute atomic E-state index is 0.0145. The minimum Gasteiger partial charge on any atom is -0.458 e. The van der Waals surface area contributed by atoms with Crippen LogP contribution in [0, 0.1) is 11.3 Å². The molecular formula is C28H49NO3. The molecule has 2 aliphatic rings. The third-order valence-corrected chi connectivity index (χ3v) is 7.28. The maximum atomic E-state index is 13.2. The van der Waals surface area contributed by atoms with Crippen LogP contribution in [0.25, 0.3) is 0 Å². The van der Waals surface area contributed by atoms with Crippen molar-refractivity contribution in [1.29, 1.82) is 0 Å². The van der Waals surface area contributed by atoms with Gasteiger partial charge in [-0.05, 0) is 86.0 Å². The molecule has 0 spiro atoms. The van der Waals surface area contributed by atoms with Gasteiger partial charge in [-0.3, -0.25) is 9.69 Å². The van der Waals surface area contributed by atoms with Crippen LogP contribution in [0.3, 0.4) is 0 Å². The van der Waals surface area contributed by atoms with Crippen LogP contribution in [-0.4, -0.2) is 41.4 Å². The fourth-order valence-corrected chi connectivity index (χ4v) is 5.41. The van der Waals surface area contributed by atoms with Gasteiger partial charge in [-0.1, -0.05) is 50.5 Å². The van der Waals surface area contributed by atoms with E-state index in [1.54, 1.807) is 0 Å². The normalized spacial score (nSPS) is 28.7. The van der Waals surface area contributed by atoms with Crippen molar-refractivity contribution in [3.63, 3.8) is 0 Å². The SMILES string of the molecule is CCC(C)CC(C)(C)OC(=O)C(C)N1CC(C)OC1C1(C)CCC=C(CCC=C(C)C)C1. The van der Waals surface area contributed by atoms with Gasteiger partial charge in [-0.15, -0.1) is 0 Å². The zero-order chi connectivity index (χ0) is 24.1. The molecule has 5 atom stereocenters. The van der Waals surface area contributed by atoms with Gasteiger partial charge in [0.1, 0.15) is 17.9 Å². The summed E-state index contributed by atoms with van der Waals surface area (Å²) in [6.07, 6.45) is 12.2. The average Bonchev–Trinajstić information content (AvgIpc) is 3.09. The highest BCUT2D eigenvalue weighted by molar-refractivity contribution is 5.75. The molecule has 4 heteroatoms. The Kier molecular flexibility index (Phi) is 9.60. The van der Waals surface area contributed by atoms with Crippen LogP contribution in [0.1, 0.15) is 107 Å². The Labute approximate surface area is 197 Å². The van der Waals surface area contributed by atoms with E-state index in [9.17, 15) is 4.79 Å². The minimum atomic E-state index is -0.446. The molecule has 1 aliphatic carbocycles. The van der Waals surface area contributed by atoms with Crippen molar-refractivity contribution in [3.05, 3.63) is 23.3 Å². The first kappa shape index (κ1) is 27.1. The van der Waals surface area contributed by atoms with E-state index in [4.69, 9.17) is 9.47 Å². The molecule has 0 radical (unpaired) electrons. The summed E-state index contributed by atoms with van der Waals surface area (Å²) in [4.78, 5) is 15.5. The molecule has 1 fully saturated rings. The smallest absolute Gasteiger partial charge is 0.323 e. The van der Waals surface area contributed by atoms with Gasteiger partial charge in [0, 0.05) is 12.0 Å². The first-order valence-corrected chi connectivity index (χ1v) is 12.8. The zero-order valence-corrected chi connectivity index (χ0v) is 22.3. The second-order valence-electron chi connectivity index (χ2n) is 11.6. The molecule has 5 unspecified atom stereocenters. The maximum absolute atomic E-state index is 13.2. The van der Waals surface area contributed by atoms with Crippen molar-refractivity contribution in [1.82, 2.24) is 4.90 Å². The Hall–Kier alpha value is -1.13. The molecule has 0 aromatic heterocycles. The number of carbonyl (C=O) groups excluding carboxylic acids is 1. The fourth-order valence-electron chi connectivity index (χ4n) is 5.41. The Morgan fingerprint density at radius 1 is 1.38 bits per heavy atom. The van der Waals surface area contributed by atoms with Gasteiger partial charge >= 0.3 is 5.97 Å². The third-order valence-electron chi connectivity index (χ3n) is 7.28. The van der Waals surface area contributed by atoms with Gasteiger partial charge in [0.2, 0.25) is 0 Å². The van der Waals surface area contributed by atoms with E-state index < -0.39 is 5.60 Å². The molecule has 184 valence electrons. The molecule has 0 aromatic rings. The summed E-state index contributed by atoms with van der Waals surface area (Å²) in [6, 6.07) is -0.307. The summed E-state index contributed by atoms with van der Waals surface area (Å²) in [5, 5.41) is 0. The van der Waals surface area contributed by atoms with E-state index in [0.29, 0.717) is 5.92 Å². The lowest BCUT2D eigenvalue weighted by molar-refractivity contribution is -0.169. The van der Waals surface area contributed by atoms with Crippen molar-refractivity contribution < 1.29 is 14.3 Å². The van der Waals surface area contributed by atoms with Crippen molar-refractivity contribution in [3.8, 4) is 0 Å². The number of nitrogens with zero attached hydrogens (tertiary/aromatic N) is 1. The molecule has 0 saturated carbocycles. The molecule has 4 nitrogen and oxygen atoms in total. The Morgan fingerprint density at radius 3 is 2.69 bits per heavy atom. The van der Waals surface area contributed by atoms with E-state index in [1.807, 2.05) is 20.8 Å². The van der Waals surface area contributed by atoms with Crippen molar-refractivity contribution >= 4 is 5.97 Å². The summed E-state index contributed by atoms with van der Waals surface area (Å²) >= 11 is 0. The van der Waals surface area contributed by atoms with Crippen molar-refractivity contribution in [2.75, 3.05) is 6.54 Å². The van der Waals surface area contributed by atoms with Gasteiger partial charge in [0.25, 0.3) is 0 Å². The second-order valence-corrected chi connectivity index (χ2v) is 11.6. The molecule has 0 N–H and O–H groups in total. The number of hydrogen-bond acceptors (Lipinski definition) is 4. The summed E-state index contributed by atoms with van der Waals surface area (Å²) < 4.78 is 12.5. The molecule has 0 bridgehead atoms. The van der Waals surface area contributed by atoms with Crippen LogP contribution >= 0.6 is 0 Å². The summed E-state index contributed by atoms with van der Waals surface area (Å²) in [5.74, 6) is 0.411. The lowest BCUT2D eigenvalue weighted by Gasteiger charge is -2.43. The van der Waals surface area contributed by atoms with Gasteiger partial charge in [-0.25, -0.2) is 0 Å². The number of esters is 1. The first-order valence-electron chi connectivity index (χ1n) is 12.8. The van der Waals surface area contributed by atoms with E-state index in [0.717, 1.165) is 51.5 Å². The van der Waals surface area contributed by atoms with E-state index in [1.165, 1.54) is 11.1 Å². The quantitative estimate of drug-likeness (QED) is 0.266. The van der Waals surface area contributed by atoms with Gasteiger partial charge < -0.3 is 9.47 Å². The maximum Gasteiger partial charge on any atom is 0.323 e. The van der Waals surface area contributed by atoms with E-state index in [-0.39, 0.29) is 29.8 Å². The largest absolute Gasteiger partial charge is 0.458 e. The number of rotatable bonds is 10. The van der Waals surface area contributed by atoms with E-state index >= 15 is 0 Å². The fraction of sp³-hybridized carbons (Fsp3) is 0.821. The van der Waals surface area contributed by atoms with Gasteiger partial charge in [-0.2, -0.15) is 0 Å². The van der Waals surface area contributed by atoms with Crippen molar-refractivity contribution in [2.24, 2.45) is 11.3 Å². The highest BCUT2D eigenvalue weighted by atomic mass is 16.6. The predicted octanol–water partition coefficient (Wildman–Crippen LogP) is 7.04. The van der Waals surface area contributed by atoms with Crippen LogP contribution in [-0.2, 0) is 14.3 Å². The highest BCUT2D eigenvalue weighted by Crippen LogP contribution is 2.45. The highest BCUT2D eigenvalue weighted by Gasteiger charge is 2.48. The second kappa shape index (κ2) is 11.3. The van der Waals surface area contributed by atoms with Gasteiger partial charge in [0.15, 0.2) is 0 Å². The van der Waals surface area contributed by atoms with Crippen LogP contribution in [0.2, 0.25) is 0 Å². The monoisotopic (exact) mass is 447 g/mol. The predicted molar refractivity (Wildman–Crippen MR) is 133 cm³/mol. The number of ether oxygens (including phenoxy) is 2. The van der Waals surface area contributed by atoms with Crippen molar-refractivity contribution in [2.45, 2.75) is 131 Å². The summed E-state index contributed by atoms with van der Waals surface area (Å²) in [6.45, 7) is 20.0. The molecule has 32 heavy (non-hydrogen) atoms. The lowest BCUT2D eigenvalue weighted by Crippen LogP contribution is -2.52. The number of allylic oxidation sites excluding steroid dienone is 4. The first-order chi connectivity index (χ1) is 14.9. The van der Waals surface area contributed by atoms with Crippen LogP contribution in [0.15, 0.2) is 23.3 Å². The lowest BCUT2D eigenvalue weighted by atomic mass is 9.72. The van der Waals surface area contributed by atoms with Gasteiger partial charge in [0.05, 0.1) is 6.10 Å². The summed E-state index contributed by atoms with van der Waals surface area (Å²) in [7, 11) is 0. The average molecular weight is 448 g/mol. The molecule has 1 saturated heterocycles. The Balaban J connectivity index is 2.09. The third kappa shape index (κ3) is 7.45. The zero-order valence-electron chi connectivity index (χ0n) is 22.3. The number of hydrogen-bond donors (Lipinski definition) is 0. The number of carbonyl (C=O) groups is 1. The van der Waals surface area contributed by atoms with Crippen LogP contribution in [0.5, 0.6) is 0 Å². The topological polar surface area (TPSA) is 38.8 Å². The van der Waals surface area contributed by atoms with Crippen LogP contribution in [0.4, 0.5) is 0 Å².